The van der Waals surface area contributed by atoms with Gasteiger partial charge in [0.1, 0.15) is 17.0 Å². The molecule has 1 aliphatic rings. The maximum atomic E-state index is 12.8. The van der Waals surface area contributed by atoms with E-state index in [1.165, 1.54) is 6.33 Å². The first-order valence-electron chi connectivity index (χ1n) is 10.6. The molecule has 3 heterocycles. The van der Waals surface area contributed by atoms with Crippen molar-refractivity contribution in [3.63, 3.8) is 0 Å². The number of hydrogen-bond donors (Lipinski definition) is 1. The number of aliphatic hydroxyl groups excluding tert-OH is 1. The third kappa shape index (κ3) is 4.74. The Balaban J connectivity index is 1.49. The van der Waals surface area contributed by atoms with Gasteiger partial charge in [0.15, 0.2) is 0 Å². The zero-order chi connectivity index (χ0) is 22.9. The van der Waals surface area contributed by atoms with E-state index < -0.39 is 12.6 Å². The zero-order valence-corrected chi connectivity index (χ0v) is 19.0. The highest BCUT2D eigenvalue weighted by molar-refractivity contribution is 7.18. The lowest BCUT2D eigenvalue weighted by atomic mass is 9.75. The Morgan fingerprint density at radius 3 is 2.56 bits per heavy atom. The molecule has 0 saturated carbocycles. The molecule has 1 fully saturated rings. The van der Waals surface area contributed by atoms with Gasteiger partial charge < -0.3 is 10.0 Å². The van der Waals surface area contributed by atoms with Crippen LogP contribution in [0.1, 0.15) is 29.8 Å². The number of fused-ring (bicyclic) bond motifs is 1. The predicted octanol–water partition coefficient (Wildman–Crippen LogP) is 4.68. The van der Waals surface area contributed by atoms with Crippen LogP contribution in [0.25, 0.3) is 10.2 Å². The highest BCUT2D eigenvalue weighted by atomic mass is 32.1. The van der Waals surface area contributed by atoms with Crippen LogP contribution in [-0.2, 0) is 6.42 Å². The van der Waals surface area contributed by atoms with Gasteiger partial charge in [0, 0.05) is 37.0 Å². The zero-order valence-electron chi connectivity index (χ0n) is 18.1. The third-order valence-corrected chi connectivity index (χ3v) is 7.34. The molecule has 1 aliphatic heterocycles. The number of rotatable bonds is 8. The molecule has 1 unspecified atom stereocenters. The van der Waals surface area contributed by atoms with Gasteiger partial charge in [0.2, 0.25) is 0 Å². The molecule has 172 valence electrons. The van der Waals surface area contributed by atoms with Crippen molar-refractivity contribution in [2.45, 2.75) is 32.0 Å². The van der Waals surface area contributed by atoms with E-state index in [4.69, 9.17) is 0 Å². The predicted molar refractivity (Wildman–Crippen MR) is 121 cm³/mol. The summed E-state index contributed by atoms with van der Waals surface area (Å²) in [4.78, 5) is 13.7. The summed E-state index contributed by atoms with van der Waals surface area (Å²) >= 11 is 1.07. The van der Waals surface area contributed by atoms with Gasteiger partial charge in [-0.25, -0.2) is 9.97 Å². The smallest absolute Gasteiger partial charge is 0.393 e. The standard InChI is InChI=1S/C23H27F3N4OS/c1-3-22(13-30(14-22)19(11-31)16-7-5-4-6-8-16)12-29(2)20-18-9-17(10-23(24,25)26)32-21(18)28-15-27-20/h4-9,15,19,31H,3,10-14H2,1-2H3. The summed E-state index contributed by atoms with van der Waals surface area (Å²) in [5.74, 6) is 0.660. The highest BCUT2D eigenvalue weighted by Crippen LogP contribution is 2.41. The van der Waals surface area contributed by atoms with Crippen molar-refractivity contribution < 1.29 is 18.3 Å². The molecule has 1 saturated heterocycles. The highest BCUT2D eigenvalue weighted by Gasteiger charge is 2.45. The van der Waals surface area contributed by atoms with E-state index in [0.29, 0.717) is 16.0 Å². The minimum absolute atomic E-state index is 0.0268. The molecule has 1 N–H and O–H groups in total. The minimum atomic E-state index is -4.25. The average Bonchev–Trinajstić information content (AvgIpc) is 3.13. The van der Waals surface area contributed by atoms with E-state index in [9.17, 15) is 18.3 Å². The van der Waals surface area contributed by atoms with Crippen molar-refractivity contribution in [2.24, 2.45) is 5.41 Å². The van der Waals surface area contributed by atoms with Crippen LogP contribution in [0.3, 0.4) is 0 Å². The second kappa shape index (κ2) is 8.96. The summed E-state index contributed by atoms with van der Waals surface area (Å²) in [6.45, 7) is 4.62. The molecule has 4 rings (SSSR count). The van der Waals surface area contributed by atoms with Gasteiger partial charge in [-0.2, -0.15) is 13.2 Å². The number of benzene rings is 1. The van der Waals surface area contributed by atoms with Crippen molar-refractivity contribution in [1.29, 1.82) is 0 Å². The van der Waals surface area contributed by atoms with E-state index in [0.717, 1.165) is 43.0 Å². The first-order valence-corrected chi connectivity index (χ1v) is 11.5. The van der Waals surface area contributed by atoms with Crippen LogP contribution in [0.4, 0.5) is 19.0 Å². The molecule has 1 atom stereocenters. The molecule has 1 aromatic carbocycles. The maximum Gasteiger partial charge on any atom is 0.393 e. The Labute approximate surface area is 189 Å². The number of nitrogens with zero attached hydrogens (tertiary/aromatic N) is 4. The number of aromatic nitrogens is 2. The molecule has 0 spiro atoms. The van der Waals surface area contributed by atoms with E-state index in [2.05, 4.69) is 21.8 Å². The summed E-state index contributed by atoms with van der Waals surface area (Å²) in [7, 11) is 1.93. The van der Waals surface area contributed by atoms with Crippen molar-refractivity contribution in [3.05, 3.63) is 53.2 Å². The molecule has 5 nitrogen and oxygen atoms in total. The molecule has 32 heavy (non-hydrogen) atoms. The maximum absolute atomic E-state index is 12.8. The Morgan fingerprint density at radius 1 is 1.22 bits per heavy atom. The summed E-state index contributed by atoms with van der Waals surface area (Å²) in [6.07, 6.45) is -2.82. The summed E-state index contributed by atoms with van der Waals surface area (Å²) < 4.78 is 38.5. The van der Waals surface area contributed by atoms with Gasteiger partial charge in [-0.15, -0.1) is 11.3 Å². The monoisotopic (exact) mass is 464 g/mol. The van der Waals surface area contributed by atoms with Crippen LogP contribution in [0.5, 0.6) is 0 Å². The third-order valence-electron chi connectivity index (χ3n) is 6.29. The number of halogens is 3. The molecular weight excluding hydrogens is 437 g/mol. The normalized spacial score (nSPS) is 17.3. The molecule has 0 amide bonds. The van der Waals surface area contributed by atoms with Gasteiger partial charge in [0.25, 0.3) is 0 Å². The molecule has 0 bridgehead atoms. The Bertz CT molecular complexity index is 1050. The van der Waals surface area contributed by atoms with E-state index >= 15 is 0 Å². The van der Waals surface area contributed by atoms with Crippen molar-refractivity contribution in [3.8, 4) is 0 Å². The summed E-state index contributed by atoms with van der Waals surface area (Å²) in [5.41, 5.74) is 1.13. The van der Waals surface area contributed by atoms with Gasteiger partial charge in [0.05, 0.1) is 24.5 Å². The number of thiophene rings is 1. The van der Waals surface area contributed by atoms with Crippen LogP contribution in [0.15, 0.2) is 42.7 Å². The fraction of sp³-hybridized carbons (Fsp3) is 0.478. The average molecular weight is 465 g/mol. The van der Waals surface area contributed by atoms with Crippen LogP contribution < -0.4 is 4.90 Å². The van der Waals surface area contributed by atoms with Gasteiger partial charge >= 0.3 is 6.18 Å². The summed E-state index contributed by atoms with van der Waals surface area (Å²) in [6, 6.07) is 11.5. The molecule has 0 aliphatic carbocycles. The van der Waals surface area contributed by atoms with Crippen LogP contribution >= 0.6 is 11.3 Å². The van der Waals surface area contributed by atoms with Crippen LogP contribution in [-0.4, -0.2) is 59.4 Å². The number of alkyl halides is 3. The van der Waals surface area contributed by atoms with E-state index in [1.807, 2.05) is 42.3 Å². The quantitative estimate of drug-likeness (QED) is 0.525. The number of aliphatic hydroxyl groups is 1. The van der Waals surface area contributed by atoms with Crippen LogP contribution in [0, 0.1) is 5.41 Å². The fourth-order valence-electron chi connectivity index (χ4n) is 4.64. The van der Waals surface area contributed by atoms with Crippen LogP contribution in [0.2, 0.25) is 0 Å². The van der Waals surface area contributed by atoms with E-state index in [-0.39, 0.29) is 22.9 Å². The number of likely N-dealkylation sites (tertiary alicyclic amines) is 1. The second-order valence-corrected chi connectivity index (χ2v) is 9.76. The topological polar surface area (TPSA) is 52.5 Å². The molecule has 2 aromatic heterocycles. The molecule has 0 radical (unpaired) electrons. The molecular formula is C23H27F3N4OS. The van der Waals surface area contributed by atoms with Crippen molar-refractivity contribution >= 4 is 27.4 Å². The summed E-state index contributed by atoms with van der Waals surface area (Å²) in [5, 5.41) is 10.6. The Hall–Kier alpha value is -2.23. The van der Waals surface area contributed by atoms with Gasteiger partial charge in [-0.1, -0.05) is 37.3 Å². The minimum Gasteiger partial charge on any atom is -0.394 e. The van der Waals surface area contributed by atoms with Gasteiger partial charge in [-0.3, -0.25) is 4.90 Å². The first kappa shape index (κ1) is 22.9. The number of anilines is 1. The lowest BCUT2D eigenvalue weighted by Crippen LogP contribution is -2.61. The lowest BCUT2D eigenvalue weighted by molar-refractivity contribution is -0.126. The number of hydrogen-bond acceptors (Lipinski definition) is 6. The largest absolute Gasteiger partial charge is 0.394 e. The van der Waals surface area contributed by atoms with Crippen molar-refractivity contribution in [2.75, 3.05) is 38.2 Å². The SMILES string of the molecule is CCC1(CN(C)c2ncnc3sc(CC(F)(F)F)cc23)CN(C(CO)c2ccccc2)C1. The van der Waals surface area contributed by atoms with Crippen molar-refractivity contribution in [1.82, 2.24) is 14.9 Å². The lowest BCUT2D eigenvalue weighted by Gasteiger charge is -2.54. The second-order valence-electron chi connectivity index (χ2n) is 8.64. The first-order chi connectivity index (χ1) is 15.2. The molecule has 9 heteroatoms. The Kier molecular flexibility index (Phi) is 6.42. The molecule has 3 aromatic rings. The van der Waals surface area contributed by atoms with E-state index in [1.54, 1.807) is 6.07 Å². The fourth-order valence-corrected chi connectivity index (χ4v) is 5.66. The Morgan fingerprint density at radius 2 is 1.94 bits per heavy atom. The van der Waals surface area contributed by atoms with Gasteiger partial charge in [-0.05, 0) is 18.1 Å².